The molecule has 0 N–H and O–H groups in total. The highest BCUT2D eigenvalue weighted by molar-refractivity contribution is 4.22. The van der Waals surface area contributed by atoms with Crippen molar-refractivity contribution in [3.8, 4) is 0 Å². The Morgan fingerprint density at radius 1 is 1.00 bits per heavy atom. The minimum absolute atomic E-state index is 0.833. The summed E-state index contributed by atoms with van der Waals surface area (Å²) in [6, 6.07) is 0. The van der Waals surface area contributed by atoms with Crippen molar-refractivity contribution in [2.45, 2.75) is 20.8 Å². The third-order valence-electron chi connectivity index (χ3n) is 0. The van der Waals surface area contributed by atoms with Crippen LogP contribution in [-0.2, 0) is 0 Å². The first-order valence-electron chi connectivity index (χ1n) is 2.23. The summed E-state index contributed by atoms with van der Waals surface area (Å²) >= 11 is 0. The third-order valence-corrected chi connectivity index (χ3v) is 0. The molecule has 0 aliphatic rings. The maximum atomic E-state index is 3.00. The van der Waals surface area contributed by atoms with Crippen LogP contribution in [0.1, 0.15) is 20.8 Å². The number of rotatable bonds is 0. The normalized spacial score (nSPS) is 6.67. The molecular formula is C6H14. The Morgan fingerprint density at radius 3 is 1.00 bits per heavy atom. The summed E-state index contributed by atoms with van der Waals surface area (Å²) in [5.41, 5.74) is 0. The van der Waals surface area contributed by atoms with Crippen LogP contribution in [-0.4, -0.2) is 0 Å². The van der Waals surface area contributed by atoms with E-state index in [1.165, 1.54) is 0 Å². The van der Waals surface area contributed by atoms with Crippen LogP contribution in [0.3, 0.4) is 0 Å². The summed E-state index contributed by atoms with van der Waals surface area (Å²) < 4.78 is 0. The first-order valence-corrected chi connectivity index (χ1v) is 2.23. The molecule has 0 rings (SSSR count). The summed E-state index contributed by atoms with van der Waals surface area (Å²) in [7, 11) is 0. The van der Waals surface area contributed by atoms with Gasteiger partial charge in [-0.3, -0.25) is 0 Å². The highest BCUT2D eigenvalue weighted by atomic mass is 13.7. The molecule has 0 amide bonds. The molecule has 0 nitrogen and oxygen atoms in total. The molecule has 0 unspecified atom stereocenters. The molecule has 0 bridgehead atoms. The summed E-state index contributed by atoms with van der Waals surface area (Å²) in [4.78, 5) is 0. The summed E-state index contributed by atoms with van der Waals surface area (Å²) in [6.07, 6.45) is 0. The maximum Gasteiger partial charge on any atom is -0.0500 e. The summed E-state index contributed by atoms with van der Waals surface area (Å²) in [6.45, 7) is 12.5. The van der Waals surface area contributed by atoms with Gasteiger partial charge in [0.1, 0.15) is 0 Å². The molecule has 0 aliphatic heterocycles. The Hall–Kier alpha value is -0.260. The van der Waals surface area contributed by atoms with Gasteiger partial charge in [0, 0.05) is 0 Å². The number of hydrogen-bond acceptors (Lipinski definition) is 0. The lowest BCUT2D eigenvalue weighted by molar-refractivity contribution is 0.737. The molecule has 0 fully saturated rings. The van der Waals surface area contributed by atoms with Crippen LogP contribution in [0, 0.1) is 5.92 Å². The van der Waals surface area contributed by atoms with Crippen molar-refractivity contribution in [1.82, 2.24) is 0 Å². The van der Waals surface area contributed by atoms with Gasteiger partial charge in [0.15, 0.2) is 0 Å². The van der Waals surface area contributed by atoms with Gasteiger partial charge in [-0.1, -0.05) is 20.8 Å². The van der Waals surface area contributed by atoms with E-state index in [0.717, 1.165) is 5.92 Å². The largest absolute Gasteiger partial charge is 0.106 e. The van der Waals surface area contributed by atoms with Gasteiger partial charge < -0.3 is 0 Å². The van der Waals surface area contributed by atoms with Crippen molar-refractivity contribution in [3.05, 3.63) is 13.2 Å². The van der Waals surface area contributed by atoms with Crippen LogP contribution >= 0.6 is 0 Å². The average molecular weight is 86.2 g/mol. The average Bonchev–Trinajstić information content (AvgIpc) is 1.41. The van der Waals surface area contributed by atoms with Crippen LogP contribution in [0.15, 0.2) is 13.2 Å². The second kappa shape index (κ2) is 8.83. The molecule has 0 aromatic carbocycles. The van der Waals surface area contributed by atoms with E-state index in [1.807, 2.05) is 0 Å². The smallest absolute Gasteiger partial charge is 0.0500 e. The SMILES string of the molecule is C=C.CC(C)C. The molecule has 0 saturated heterocycles. The van der Waals surface area contributed by atoms with E-state index < -0.39 is 0 Å². The molecule has 0 aromatic rings. The molecule has 0 atom stereocenters. The number of hydrogen-bond donors (Lipinski definition) is 0. The molecule has 0 spiro atoms. The van der Waals surface area contributed by atoms with Crippen molar-refractivity contribution >= 4 is 0 Å². The summed E-state index contributed by atoms with van der Waals surface area (Å²) in [5.74, 6) is 0.833. The first kappa shape index (κ1) is 9.22. The fraction of sp³-hybridized carbons (Fsp3) is 0.667. The van der Waals surface area contributed by atoms with Gasteiger partial charge in [-0.15, -0.1) is 13.2 Å². The lowest BCUT2D eigenvalue weighted by atomic mass is 10.3. The molecule has 0 heteroatoms. The highest BCUT2D eigenvalue weighted by Gasteiger charge is 1.68. The Labute approximate surface area is 40.9 Å². The van der Waals surface area contributed by atoms with Crippen molar-refractivity contribution in [2.24, 2.45) is 5.92 Å². The first-order chi connectivity index (χ1) is 2.73. The zero-order chi connectivity index (χ0) is 5.58. The second-order valence-electron chi connectivity index (χ2n) is 1.73. The Morgan fingerprint density at radius 2 is 1.00 bits per heavy atom. The van der Waals surface area contributed by atoms with Crippen LogP contribution in [0.5, 0.6) is 0 Å². The molecule has 0 radical (unpaired) electrons. The predicted octanol–water partition coefficient (Wildman–Crippen LogP) is 2.46. The van der Waals surface area contributed by atoms with E-state index in [2.05, 4.69) is 33.9 Å². The van der Waals surface area contributed by atoms with E-state index in [4.69, 9.17) is 0 Å². The maximum absolute atomic E-state index is 3.00. The fourth-order valence-corrected chi connectivity index (χ4v) is 0. The minimum atomic E-state index is 0.833. The lowest BCUT2D eigenvalue weighted by Crippen LogP contribution is -1.66. The van der Waals surface area contributed by atoms with Crippen molar-refractivity contribution < 1.29 is 0 Å². The van der Waals surface area contributed by atoms with Gasteiger partial charge in [0.2, 0.25) is 0 Å². The van der Waals surface area contributed by atoms with Crippen molar-refractivity contribution in [2.75, 3.05) is 0 Å². The minimum Gasteiger partial charge on any atom is -0.106 e. The molecule has 0 heterocycles. The van der Waals surface area contributed by atoms with E-state index in [1.54, 1.807) is 0 Å². The topological polar surface area (TPSA) is 0 Å². The van der Waals surface area contributed by atoms with E-state index in [9.17, 15) is 0 Å². The van der Waals surface area contributed by atoms with Gasteiger partial charge >= 0.3 is 0 Å². The molecule has 0 aromatic heterocycles. The lowest BCUT2D eigenvalue weighted by Gasteiger charge is -1.79. The van der Waals surface area contributed by atoms with Crippen LogP contribution in [0.4, 0.5) is 0 Å². The van der Waals surface area contributed by atoms with E-state index in [-0.39, 0.29) is 0 Å². The predicted molar refractivity (Wildman–Crippen MR) is 31.8 cm³/mol. The van der Waals surface area contributed by atoms with Gasteiger partial charge in [-0.25, -0.2) is 0 Å². The molecular weight excluding hydrogens is 72.1 g/mol. The van der Waals surface area contributed by atoms with Gasteiger partial charge in [-0.05, 0) is 5.92 Å². The standard InChI is InChI=1S/C4H10.C2H4/c1-4(2)3;1-2/h4H,1-3H3;1-2H2. The van der Waals surface area contributed by atoms with Crippen LogP contribution < -0.4 is 0 Å². The van der Waals surface area contributed by atoms with Gasteiger partial charge in [0.05, 0.1) is 0 Å². The van der Waals surface area contributed by atoms with Crippen molar-refractivity contribution in [3.63, 3.8) is 0 Å². The summed E-state index contributed by atoms with van der Waals surface area (Å²) in [5, 5.41) is 0. The molecule has 38 valence electrons. The van der Waals surface area contributed by atoms with Crippen molar-refractivity contribution in [1.29, 1.82) is 0 Å². The molecule has 0 aliphatic carbocycles. The highest BCUT2D eigenvalue weighted by Crippen LogP contribution is 1.81. The zero-order valence-corrected chi connectivity index (χ0v) is 4.99. The molecule has 0 saturated carbocycles. The van der Waals surface area contributed by atoms with Gasteiger partial charge in [0.25, 0.3) is 0 Å². The monoisotopic (exact) mass is 86.1 g/mol. The second-order valence-corrected chi connectivity index (χ2v) is 1.73. The zero-order valence-electron chi connectivity index (χ0n) is 4.99. The van der Waals surface area contributed by atoms with Crippen LogP contribution in [0.2, 0.25) is 0 Å². The Kier molecular flexibility index (Phi) is 13.6. The van der Waals surface area contributed by atoms with E-state index >= 15 is 0 Å². The Bertz CT molecular complexity index is 11.2. The van der Waals surface area contributed by atoms with E-state index in [0.29, 0.717) is 0 Å². The van der Waals surface area contributed by atoms with Gasteiger partial charge in [-0.2, -0.15) is 0 Å². The Balaban J connectivity index is 0. The fourth-order valence-electron chi connectivity index (χ4n) is 0. The van der Waals surface area contributed by atoms with Crippen LogP contribution in [0.25, 0.3) is 0 Å². The quantitative estimate of drug-likeness (QED) is 0.397. The third kappa shape index (κ3) is 415. The molecule has 6 heavy (non-hydrogen) atoms.